The molecule has 20 heavy (non-hydrogen) atoms. The molecule has 2 saturated carbocycles. The van der Waals surface area contributed by atoms with Crippen molar-refractivity contribution in [1.29, 1.82) is 0 Å². The predicted molar refractivity (Wildman–Crippen MR) is 76.9 cm³/mol. The average Bonchev–Trinajstić information content (AvgIpc) is 3.00. The quantitative estimate of drug-likeness (QED) is 0.855. The lowest BCUT2D eigenvalue weighted by Crippen LogP contribution is -2.64. The van der Waals surface area contributed by atoms with E-state index in [9.17, 15) is 9.59 Å². The third-order valence-electron chi connectivity index (χ3n) is 5.68. The number of nitrogens with zero attached hydrogens (tertiary/aromatic N) is 1. The fraction of sp³-hybridized carbons (Fsp3) is 0.875. The number of amides is 2. The Labute approximate surface area is 121 Å². The Morgan fingerprint density at radius 1 is 1.25 bits per heavy atom. The van der Waals surface area contributed by atoms with Crippen LogP contribution >= 0.6 is 0 Å². The standard InChI is InChI=1S/C16H26N2O2/c1-9(2)14-16(20)18(10(3)15(19)17-14)8-13-7-11-4-5-12(13)6-11/h9-14H,4-8H2,1-3H3,(H,17,19). The lowest BCUT2D eigenvalue weighted by Gasteiger charge is -2.41. The van der Waals surface area contributed by atoms with Crippen LogP contribution in [0.2, 0.25) is 0 Å². The van der Waals surface area contributed by atoms with Crippen LogP contribution in [0.4, 0.5) is 0 Å². The maximum Gasteiger partial charge on any atom is 0.246 e. The first-order valence-electron chi connectivity index (χ1n) is 8.08. The lowest BCUT2D eigenvalue weighted by molar-refractivity contribution is -0.150. The molecule has 0 spiro atoms. The van der Waals surface area contributed by atoms with Gasteiger partial charge in [0, 0.05) is 6.54 Å². The zero-order chi connectivity index (χ0) is 14.4. The molecule has 2 bridgehead atoms. The first kappa shape index (κ1) is 13.9. The highest BCUT2D eigenvalue weighted by Crippen LogP contribution is 2.48. The summed E-state index contributed by atoms with van der Waals surface area (Å²) < 4.78 is 0. The SMILES string of the molecule is CC(C)C1NC(=O)C(C)N(CC2CC3CCC2C3)C1=O. The van der Waals surface area contributed by atoms with E-state index in [0.717, 1.165) is 18.4 Å². The van der Waals surface area contributed by atoms with E-state index in [2.05, 4.69) is 5.32 Å². The summed E-state index contributed by atoms with van der Waals surface area (Å²) in [6.45, 7) is 6.64. The smallest absolute Gasteiger partial charge is 0.246 e. The first-order chi connectivity index (χ1) is 9.47. The molecule has 0 aromatic heterocycles. The van der Waals surface area contributed by atoms with E-state index < -0.39 is 0 Å². The number of fused-ring (bicyclic) bond motifs is 2. The first-order valence-corrected chi connectivity index (χ1v) is 8.08. The minimum atomic E-state index is -0.336. The highest BCUT2D eigenvalue weighted by molar-refractivity contribution is 5.96. The maximum atomic E-state index is 12.6. The number of hydrogen-bond donors (Lipinski definition) is 1. The van der Waals surface area contributed by atoms with Gasteiger partial charge < -0.3 is 10.2 Å². The zero-order valence-electron chi connectivity index (χ0n) is 12.8. The number of carbonyl (C=O) groups excluding carboxylic acids is 2. The summed E-state index contributed by atoms with van der Waals surface area (Å²) in [4.78, 5) is 26.6. The van der Waals surface area contributed by atoms with E-state index in [1.165, 1.54) is 25.7 Å². The van der Waals surface area contributed by atoms with Gasteiger partial charge in [-0.3, -0.25) is 9.59 Å². The molecular formula is C16H26N2O2. The summed E-state index contributed by atoms with van der Waals surface area (Å²) in [6.07, 6.45) is 5.31. The van der Waals surface area contributed by atoms with Gasteiger partial charge in [-0.05, 0) is 49.9 Å². The van der Waals surface area contributed by atoms with Crippen LogP contribution in [0.15, 0.2) is 0 Å². The van der Waals surface area contributed by atoms with Gasteiger partial charge in [0.1, 0.15) is 12.1 Å². The lowest BCUT2D eigenvalue weighted by atomic mass is 9.87. The summed E-state index contributed by atoms with van der Waals surface area (Å²) in [7, 11) is 0. The molecule has 1 N–H and O–H groups in total. The number of carbonyl (C=O) groups is 2. The van der Waals surface area contributed by atoms with Crippen LogP contribution in [0.1, 0.15) is 46.5 Å². The number of hydrogen-bond acceptors (Lipinski definition) is 2. The molecule has 1 aliphatic heterocycles. The number of nitrogens with one attached hydrogen (secondary N) is 1. The van der Waals surface area contributed by atoms with Crippen LogP contribution in [-0.4, -0.2) is 35.3 Å². The van der Waals surface area contributed by atoms with Crippen molar-refractivity contribution in [2.24, 2.45) is 23.7 Å². The molecule has 112 valence electrons. The van der Waals surface area contributed by atoms with Crippen molar-refractivity contribution in [3.05, 3.63) is 0 Å². The van der Waals surface area contributed by atoms with E-state index >= 15 is 0 Å². The van der Waals surface area contributed by atoms with E-state index in [4.69, 9.17) is 0 Å². The highest BCUT2D eigenvalue weighted by atomic mass is 16.2. The van der Waals surface area contributed by atoms with Crippen molar-refractivity contribution in [3.63, 3.8) is 0 Å². The Kier molecular flexibility index (Phi) is 3.51. The summed E-state index contributed by atoms with van der Waals surface area (Å²) in [5.41, 5.74) is 0. The molecule has 3 aliphatic rings. The van der Waals surface area contributed by atoms with Crippen molar-refractivity contribution in [2.45, 2.75) is 58.5 Å². The van der Waals surface area contributed by atoms with Gasteiger partial charge in [0.2, 0.25) is 11.8 Å². The minimum absolute atomic E-state index is 0.00598. The second-order valence-electron chi connectivity index (χ2n) is 7.33. The molecule has 2 aliphatic carbocycles. The van der Waals surface area contributed by atoms with Crippen LogP contribution in [-0.2, 0) is 9.59 Å². The molecule has 4 heteroatoms. The Morgan fingerprint density at radius 2 is 2.00 bits per heavy atom. The summed E-state index contributed by atoms with van der Waals surface area (Å²) >= 11 is 0. The van der Waals surface area contributed by atoms with E-state index in [-0.39, 0.29) is 29.8 Å². The van der Waals surface area contributed by atoms with Crippen molar-refractivity contribution in [1.82, 2.24) is 10.2 Å². The molecule has 1 heterocycles. The van der Waals surface area contributed by atoms with Gasteiger partial charge in [-0.1, -0.05) is 20.3 Å². The Morgan fingerprint density at radius 3 is 2.55 bits per heavy atom. The Hall–Kier alpha value is -1.06. The summed E-state index contributed by atoms with van der Waals surface area (Å²) in [5.74, 6) is 2.58. The Balaban J connectivity index is 1.72. The van der Waals surface area contributed by atoms with Gasteiger partial charge in [-0.25, -0.2) is 0 Å². The van der Waals surface area contributed by atoms with E-state index in [1.54, 1.807) is 0 Å². The van der Waals surface area contributed by atoms with Crippen LogP contribution < -0.4 is 5.32 Å². The normalized spacial score (nSPS) is 40.6. The van der Waals surface area contributed by atoms with Gasteiger partial charge in [-0.15, -0.1) is 0 Å². The molecule has 5 atom stereocenters. The van der Waals surface area contributed by atoms with Crippen molar-refractivity contribution in [3.8, 4) is 0 Å². The Bertz CT molecular complexity index is 421. The second-order valence-corrected chi connectivity index (χ2v) is 7.33. The fourth-order valence-electron chi connectivity index (χ4n) is 4.40. The third kappa shape index (κ3) is 2.23. The van der Waals surface area contributed by atoms with E-state index in [1.807, 2.05) is 25.7 Å². The molecule has 3 fully saturated rings. The molecule has 0 aromatic carbocycles. The average molecular weight is 278 g/mol. The van der Waals surface area contributed by atoms with Crippen molar-refractivity contribution < 1.29 is 9.59 Å². The van der Waals surface area contributed by atoms with Gasteiger partial charge in [0.15, 0.2) is 0 Å². The van der Waals surface area contributed by atoms with Gasteiger partial charge in [-0.2, -0.15) is 0 Å². The zero-order valence-corrected chi connectivity index (χ0v) is 12.8. The van der Waals surface area contributed by atoms with Crippen molar-refractivity contribution >= 4 is 11.8 Å². The predicted octanol–water partition coefficient (Wildman–Crippen LogP) is 1.79. The molecule has 2 amide bonds. The number of piperazine rings is 1. The van der Waals surface area contributed by atoms with Gasteiger partial charge in [0.05, 0.1) is 0 Å². The molecule has 0 radical (unpaired) electrons. The van der Waals surface area contributed by atoms with Crippen LogP contribution in [0.25, 0.3) is 0 Å². The van der Waals surface area contributed by atoms with E-state index in [0.29, 0.717) is 5.92 Å². The molecule has 5 unspecified atom stereocenters. The summed E-state index contributed by atoms with van der Waals surface area (Å²) in [6, 6.07) is -0.645. The molecular weight excluding hydrogens is 252 g/mol. The highest BCUT2D eigenvalue weighted by Gasteiger charge is 2.44. The molecule has 1 saturated heterocycles. The molecule has 3 rings (SSSR count). The maximum absolute atomic E-state index is 12.6. The minimum Gasteiger partial charge on any atom is -0.342 e. The number of rotatable bonds is 3. The largest absolute Gasteiger partial charge is 0.342 e. The molecule has 0 aromatic rings. The summed E-state index contributed by atoms with van der Waals surface area (Å²) in [5, 5.41) is 2.87. The third-order valence-corrected chi connectivity index (χ3v) is 5.68. The van der Waals surface area contributed by atoms with Crippen molar-refractivity contribution in [2.75, 3.05) is 6.54 Å². The van der Waals surface area contributed by atoms with Gasteiger partial charge >= 0.3 is 0 Å². The van der Waals surface area contributed by atoms with Crippen LogP contribution in [0.3, 0.4) is 0 Å². The monoisotopic (exact) mass is 278 g/mol. The van der Waals surface area contributed by atoms with Gasteiger partial charge in [0.25, 0.3) is 0 Å². The fourth-order valence-corrected chi connectivity index (χ4v) is 4.40. The molecule has 4 nitrogen and oxygen atoms in total. The second kappa shape index (κ2) is 5.05. The van der Waals surface area contributed by atoms with Crippen LogP contribution in [0.5, 0.6) is 0 Å². The topological polar surface area (TPSA) is 49.4 Å². The van der Waals surface area contributed by atoms with Crippen LogP contribution in [0, 0.1) is 23.7 Å².